The number of sulfonamides is 1. The maximum atomic E-state index is 13.8. The smallest absolute Gasteiger partial charge is 0.247 e. The molecule has 0 spiro atoms. The summed E-state index contributed by atoms with van der Waals surface area (Å²) in [5.74, 6) is 0.483. The number of rotatable bonds is 7. The topological polar surface area (TPSA) is 60.8 Å². The predicted octanol–water partition coefficient (Wildman–Crippen LogP) is 5.63. The number of methoxy groups -OCH3 is 2. The van der Waals surface area contributed by atoms with Gasteiger partial charge in [0, 0.05) is 47.9 Å². The lowest BCUT2D eigenvalue weighted by Gasteiger charge is -2.27. The molecule has 0 fully saturated rings. The van der Waals surface area contributed by atoms with Gasteiger partial charge in [-0.05, 0) is 54.8 Å². The van der Waals surface area contributed by atoms with Crippen LogP contribution in [-0.2, 0) is 16.6 Å². The lowest BCUT2D eigenvalue weighted by atomic mass is 9.97. The first kappa shape index (κ1) is 25.0. The van der Waals surface area contributed by atoms with E-state index in [1.165, 1.54) is 30.7 Å². The Hall–Kier alpha value is -3.62. The van der Waals surface area contributed by atoms with Crippen molar-refractivity contribution in [1.29, 1.82) is 0 Å². The Balaban J connectivity index is 1.49. The van der Waals surface area contributed by atoms with Crippen molar-refractivity contribution in [3.8, 4) is 11.5 Å². The second kappa shape index (κ2) is 10.0. The molecule has 0 saturated heterocycles. The lowest BCUT2D eigenvalue weighted by Crippen LogP contribution is -2.35. The molecule has 4 aromatic rings. The van der Waals surface area contributed by atoms with Crippen LogP contribution < -0.4 is 9.47 Å². The summed E-state index contributed by atoms with van der Waals surface area (Å²) in [6.07, 6.45) is 2.56. The van der Waals surface area contributed by atoms with E-state index < -0.39 is 10.0 Å². The van der Waals surface area contributed by atoms with Crippen LogP contribution in [0.4, 0.5) is 4.39 Å². The highest BCUT2D eigenvalue weighted by Gasteiger charge is 2.30. The molecule has 1 aromatic heterocycles. The van der Waals surface area contributed by atoms with Crippen LogP contribution in [0.15, 0.2) is 77.7 Å². The Morgan fingerprint density at radius 2 is 1.78 bits per heavy atom. The number of ether oxygens (including phenoxy) is 2. The summed E-state index contributed by atoms with van der Waals surface area (Å²) in [7, 11) is -0.835. The van der Waals surface area contributed by atoms with Crippen molar-refractivity contribution >= 4 is 26.5 Å². The maximum absolute atomic E-state index is 13.8. The highest BCUT2D eigenvalue weighted by atomic mass is 32.2. The van der Waals surface area contributed by atoms with Crippen molar-refractivity contribution in [3.63, 3.8) is 0 Å². The van der Waals surface area contributed by atoms with E-state index in [4.69, 9.17) is 9.47 Å². The summed E-state index contributed by atoms with van der Waals surface area (Å²) in [6.45, 7) is 3.21. The molecule has 1 aliphatic heterocycles. The second-order valence-corrected chi connectivity index (χ2v) is 11.0. The third-order valence-electron chi connectivity index (χ3n) is 6.94. The number of fused-ring (bicyclic) bond motifs is 1. The van der Waals surface area contributed by atoms with Crippen LogP contribution in [0.2, 0.25) is 0 Å². The standard InChI is InChI=1S/C29H29FN2O4S/c1-20-29(25-9-4-5-10-26(25)32(20)19-21-7-6-8-23(30)17-21)22-13-15-31(16-14-22)37(33,34)28-18-24(35-2)11-12-27(28)36-3/h4-13,17-18H,14-16,19H2,1-3H3. The molecule has 37 heavy (non-hydrogen) atoms. The molecular weight excluding hydrogens is 491 g/mol. The number of para-hydroxylation sites is 1. The zero-order chi connectivity index (χ0) is 26.2. The fraction of sp³-hybridized carbons (Fsp3) is 0.241. The van der Waals surface area contributed by atoms with Crippen LogP contribution in [0.3, 0.4) is 0 Å². The number of aromatic nitrogens is 1. The molecule has 2 heterocycles. The molecule has 0 atom stereocenters. The van der Waals surface area contributed by atoms with E-state index in [9.17, 15) is 12.8 Å². The first-order chi connectivity index (χ1) is 17.8. The molecule has 8 heteroatoms. The largest absolute Gasteiger partial charge is 0.497 e. The van der Waals surface area contributed by atoms with Gasteiger partial charge < -0.3 is 14.0 Å². The minimum absolute atomic E-state index is 0.0917. The summed E-state index contributed by atoms with van der Waals surface area (Å²) >= 11 is 0. The minimum Gasteiger partial charge on any atom is -0.497 e. The van der Waals surface area contributed by atoms with E-state index in [0.29, 0.717) is 25.3 Å². The lowest BCUT2D eigenvalue weighted by molar-refractivity contribution is 0.386. The van der Waals surface area contributed by atoms with E-state index in [0.717, 1.165) is 33.3 Å². The van der Waals surface area contributed by atoms with Crippen molar-refractivity contribution in [3.05, 3.63) is 95.4 Å². The SMILES string of the molecule is COc1ccc(OC)c(S(=O)(=O)N2CC=C(c3c(C)n(Cc4cccc(F)c4)c4ccccc34)CC2)c1. The summed E-state index contributed by atoms with van der Waals surface area (Å²) < 4.78 is 55.1. The van der Waals surface area contributed by atoms with Crippen LogP contribution in [0.5, 0.6) is 11.5 Å². The van der Waals surface area contributed by atoms with Crippen LogP contribution in [0, 0.1) is 12.7 Å². The van der Waals surface area contributed by atoms with Gasteiger partial charge in [0.2, 0.25) is 10.0 Å². The van der Waals surface area contributed by atoms with Crippen LogP contribution in [0.1, 0.15) is 23.2 Å². The Kier molecular flexibility index (Phi) is 6.79. The third-order valence-corrected chi connectivity index (χ3v) is 8.83. The van der Waals surface area contributed by atoms with E-state index in [-0.39, 0.29) is 23.0 Å². The van der Waals surface area contributed by atoms with Gasteiger partial charge in [-0.15, -0.1) is 0 Å². The second-order valence-electron chi connectivity index (χ2n) is 9.05. The summed E-state index contributed by atoms with van der Waals surface area (Å²) in [6, 6.07) is 19.6. The summed E-state index contributed by atoms with van der Waals surface area (Å²) in [5.41, 5.74) is 5.25. The Bertz CT molecular complexity index is 1610. The number of nitrogens with zero attached hydrogens (tertiary/aromatic N) is 2. The Labute approximate surface area is 216 Å². The van der Waals surface area contributed by atoms with Gasteiger partial charge in [-0.2, -0.15) is 4.31 Å². The first-order valence-electron chi connectivity index (χ1n) is 12.1. The predicted molar refractivity (Wildman–Crippen MR) is 143 cm³/mol. The molecule has 3 aromatic carbocycles. The molecule has 6 nitrogen and oxygen atoms in total. The van der Waals surface area contributed by atoms with Gasteiger partial charge in [0.25, 0.3) is 0 Å². The molecule has 0 bridgehead atoms. The average Bonchev–Trinajstić information content (AvgIpc) is 3.19. The summed E-state index contributed by atoms with van der Waals surface area (Å²) in [4.78, 5) is 0.0917. The van der Waals surface area contributed by atoms with Gasteiger partial charge in [-0.3, -0.25) is 0 Å². The van der Waals surface area contributed by atoms with Gasteiger partial charge in [-0.1, -0.05) is 36.4 Å². The van der Waals surface area contributed by atoms with Gasteiger partial charge in [-0.25, -0.2) is 12.8 Å². The van der Waals surface area contributed by atoms with E-state index in [1.54, 1.807) is 24.3 Å². The van der Waals surface area contributed by atoms with Gasteiger partial charge in [0.15, 0.2) is 0 Å². The van der Waals surface area contributed by atoms with Crippen molar-refractivity contribution in [2.75, 3.05) is 27.3 Å². The van der Waals surface area contributed by atoms with Gasteiger partial charge >= 0.3 is 0 Å². The zero-order valence-corrected chi connectivity index (χ0v) is 21.9. The molecular formula is C29H29FN2O4S. The summed E-state index contributed by atoms with van der Waals surface area (Å²) in [5, 5.41) is 1.11. The molecule has 0 aliphatic carbocycles. The molecule has 1 aliphatic rings. The zero-order valence-electron chi connectivity index (χ0n) is 21.1. The molecule has 192 valence electrons. The maximum Gasteiger partial charge on any atom is 0.247 e. The van der Waals surface area contributed by atoms with E-state index >= 15 is 0 Å². The van der Waals surface area contributed by atoms with Gasteiger partial charge in [0.1, 0.15) is 22.2 Å². The van der Waals surface area contributed by atoms with E-state index in [2.05, 4.69) is 23.6 Å². The fourth-order valence-electron chi connectivity index (χ4n) is 5.08. The Morgan fingerprint density at radius 3 is 2.49 bits per heavy atom. The van der Waals surface area contributed by atoms with Crippen molar-refractivity contribution in [1.82, 2.24) is 8.87 Å². The molecule has 0 N–H and O–H groups in total. The average molecular weight is 521 g/mol. The highest BCUT2D eigenvalue weighted by Crippen LogP contribution is 2.37. The number of hydrogen-bond donors (Lipinski definition) is 0. The van der Waals surface area contributed by atoms with Crippen LogP contribution >= 0.6 is 0 Å². The minimum atomic E-state index is -3.79. The normalized spacial score (nSPS) is 14.5. The van der Waals surface area contributed by atoms with Crippen LogP contribution in [0.25, 0.3) is 16.5 Å². The number of benzene rings is 3. The van der Waals surface area contributed by atoms with Gasteiger partial charge in [0.05, 0.1) is 14.2 Å². The molecule has 0 unspecified atom stereocenters. The highest BCUT2D eigenvalue weighted by molar-refractivity contribution is 7.89. The molecule has 0 saturated carbocycles. The quantitative estimate of drug-likeness (QED) is 0.317. The fourth-order valence-corrected chi connectivity index (χ4v) is 6.63. The molecule has 5 rings (SSSR count). The van der Waals surface area contributed by atoms with Crippen molar-refractivity contribution in [2.24, 2.45) is 0 Å². The third kappa shape index (κ3) is 4.63. The first-order valence-corrected chi connectivity index (χ1v) is 13.5. The van der Waals surface area contributed by atoms with Crippen molar-refractivity contribution < 1.29 is 22.3 Å². The van der Waals surface area contributed by atoms with Crippen molar-refractivity contribution in [2.45, 2.75) is 24.8 Å². The molecule has 0 radical (unpaired) electrons. The number of halogens is 1. The van der Waals surface area contributed by atoms with E-state index in [1.807, 2.05) is 24.3 Å². The van der Waals surface area contributed by atoms with Crippen LogP contribution in [-0.4, -0.2) is 44.6 Å². The number of hydrogen-bond acceptors (Lipinski definition) is 4. The Morgan fingerprint density at radius 1 is 0.973 bits per heavy atom. The monoisotopic (exact) mass is 520 g/mol. The molecule has 0 amide bonds.